The van der Waals surface area contributed by atoms with Crippen molar-refractivity contribution >= 4 is 28.7 Å². The zero-order valence-corrected chi connectivity index (χ0v) is 16.6. The van der Waals surface area contributed by atoms with E-state index in [1.54, 1.807) is 17.9 Å². The highest BCUT2D eigenvalue weighted by atomic mass is 16.4. The molecule has 1 saturated heterocycles. The summed E-state index contributed by atoms with van der Waals surface area (Å²) in [5, 5.41) is 9.90. The molecule has 2 amide bonds. The van der Waals surface area contributed by atoms with E-state index >= 15 is 0 Å². The second kappa shape index (κ2) is 8.46. The number of nitrogens with one attached hydrogen (secondary N) is 1. The van der Waals surface area contributed by atoms with E-state index < -0.39 is 11.5 Å². The minimum absolute atomic E-state index is 0.135. The molecule has 1 aliphatic rings. The van der Waals surface area contributed by atoms with Gasteiger partial charge in [0.1, 0.15) is 12.1 Å². The molecule has 1 unspecified atom stereocenters. The zero-order valence-electron chi connectivity index (χ0n) is 16.6. The summed E-state index contributed by atoms with van der Waals surface area (Å²) in [7, 11) is 0. The number of aromatic amines is 1. The molecule has 1 atom stereocenters. The Bertz CT molecular complexity index is 1010. The van der Waals surface area contributed by atoms with Gasteiger partial charge in [-0.15, -0.1) is 0 Å². The van der Waals surface area contributed by atoms with Crippen LogP contribution in [-0.4, -0.2) is 63.4 Å². The molecule has 8 heteroatoms. The summed E-state index contributed by atoms with van der Waals surface area (Å²) in [5.74, 6) is -1.68. The zero-order chi connectivity index (χ0) is 21.1. The number of hydrogen-bond acceptors (Lipinski definition) is 4. The molecule has 1 aliphatic heterocycles. The lowest BCUT2D eigenvalue weighted by Gasteiger charge is -2.29. The fourth-order valence-electron chi connectivity index (χ4n) is 4.06. The number of likely N-dealkylation sites (tertiary alicyclic amines) is 1. The average molecular weight is 399 g/mol. The molecular formula is C21H25N3O5. The largest absolute Gasteiger partial charge is 0.480 e. The van der Waals surface area contributed by atoms with E-state index in [0.29, 0.717) is 43.4 Å². The van der Waals surface area contributed by atoms with Crippen molar-refractivity contribution in [2.45, 2.75) is 39.2 Å². The second-order valence-corrected chi connectivity index (χ2v) is 7.42. The molecule has 0 radical (unpaired) electrons. The van der Waals surface area contributed by atoms with E-state index in [1.807, 2.05) is 18.2 Å². The third-order valence-electron chi connectivity index (χ3n) is 5.53. The maximum Gasteiger partial charge on any atom is 0.323 e. The maximum absolute atomic E-state index is 13.2. The second-order valence-electron chi connectivity index (χ2n) is 7.42. The molecule has 29 heavy (non-hydrogen) atoms. The lowest BCUT2D eigenvalue weighted by atomic mass is 10.0. The Balaban J connectivity index is 1.83. The van der Waals surface area contributed by atoms with Gasteiger partial charge in [0.2, 0.25) is 5.91 Å². The molecule has 8 nitrogen and oxygen atoms in total. The van der Waals surface area contributed by atoms with Crippen molar-refractivity contribution in [1.29, 1.82) is 0 Å². The van der Waals surface area contributed by atoms with Crippen LogP contribution in [0.4, 0.5) is 0 Å². The van der Waals surface area contributed by atoms with Crippen molar-refractivity contribution in [2.24, 2.45) is 0 Å². The number of benzene rings is 1. The number of H-pyrrole nitrogens is 1. The van der Waals surface area contributed by atoms with E-state index in [4.69, 9.17) is 5.11 Å². The van der Waals surface area contributed by atoms with E-state index in [0.717, 1.165) is 5.39 Å². The van der Waals surface area contributed by atoms with Crippen molar-refractivity contribution in [3.8, 4) is 0 Å². The highest BCUT2D eigenvalue weighted by Crippen LogP contribution is 2.21. The van der Waals surface area contributed by atoms with Gasteiger partial charge in [0.15, 0.2) is 0 Å². The van der Waals surface area contributed by atoms with Crippen LogP contribution in [0.2, 0.25) is 0 Å². The van der Waals surface area contributed by atoms with Gasteiger partial charge in [-0.05, 0) is 37.8 Å². The van der Waals surface area contributed by atoms with Gasteiger partial charge in [-0.3, -0.25) is 19.2 Å². The smallest absolute Gasteiger partial charge is 0.323 e. The lowest BCUT2D eigenvalue weighted by Crippen LogP contribution is -2.43. The highest BCUT2D eigenvalue weighted by Gasteiger charge is 2.29. The molecule has 0 bridgehead atoms. The number of aromatic nitrogens is 1. The number of carbonyl (C=O) groups is 3. The van der Waals surface area contributed by atoms with E-state index in [1.165, 1.54) is 11.8 Å². The molecule has 3 rings (SSSR count). The SMILES string of the molecule is CC(=O)N(CC(=O)O)C1CCCN(C(=O)c2c(C)c3ccccc3[nH]c2=O)CC1. The van der Waals surface area contributed by atoms with Crippen LogP contribution in [0.3, 0.4) is 0 Å². The summed E-state index contributed by atoms with van der Waals surface area (Å²) in [6.07, 6.45) is 1.72. The summed E-state index contributed by atoms with van der Waals surface area (Å²) < 4.78 is 0. The van der Waals surface area contributed by atoms with Gasteiger partial charge in [-0.1, -0.05) is 18.2 Å². The van der Waals surface area contributed by atoms with Gasteiger partial charge >= 0.3 is 5.97 Å². The number of amides is 2. The van der Waals surface area contributed by atoms with Gasteiger partial charge < -0.3 is 19.9 Å². The standard InChI is InChI=1S/C21H25N3O5/c1-13-16-7-3-4-8-17(16)22-20(28)19(13)21(29)23-10-5-6-15(9-11-23)24(14(2)25)12-18(26)27/h3-4,7-8,15H,5-6,9-12H2,1-2H3,(H,22,28)(H,26,27). The first-order chi connectivity index (χ1) is 13.8. The van der Waals surface area contributed by atoms with Crippen LogP contribution >= 0.6 is 0 Å². The lowest BCUT2D eigenvalue weighted by molar-refractivity contribution is -0.145. The number of carboxylic acid groups (broad SMARTS) is 1. The third-order valence-corrected chi connectivity index (χ3v) is 5.53. The minimum atomic E-state index is -1.06. The third kappa shape index (κ3) is 4.31. The van der Waals surface area contributed by atoms with Crippen molar-refractivity contribution in [3.63, 3.8) is 0 Å². The number of aliphatic carboxylic acids is 1. The molecule has 2 N–H and O–H groups in total. The molecule has 2 aromatic rings. The minimum Gasteiger partial charge on any atom is -0.480 e. The monoisotopic (exact) mass is 399 g/mol. The first-order valence-corrected chi connectivity index (χ1v) is 9.69. The first-order valence-electron chi connectivity index (χ1n) is 9.69. The van der Waals surface area contributed by atoms with Gasteiger partial charge in [0.05, 0.1) is 0 Å². The average Bonchev–Trinajstić information content (AvgIpc) is 2.91. The van der Waals surface area contributed by atoms with Crippen LogP contribution in [0, 0.1) is 6.92 Å². The first kappa shape index (κ1) is 20.6. The van der Waals surface area contributed by atoms with E-state index in [-0.39, 0.29) is 30.0 Å². The van der Waals surface area contributed by atoms with Gasteiger partial charge in [0, 0.05) is 37.0 Å². The van der Waals surface area contributed by atoms with Gasteiger partial charge in [-0.2, -0.15) is 0 Å². The van der Waals surface area contributed by atoms with Gasteiger partial charge in [0.25, 0.3) is 11.5 Å². The number of carbonyl (C=O) groups excluding carboxylic acids is 2. The number of aryl methyl sites for hydroxylation is 1. The topological polar surface area (TPSA) is 111 Å². The molecule has 1 fully saturated rings. The summed E-state index contributed by atoms with van der Waals surface area (Å²) in [5.41, 5.74) is 1.05. The highest BCUT2D eigenvalue weighted by molar-refractivity contribution is 5.99. The van der Waals surface area contributed by atoms with Crippen LogP contribution < -0.4 is 5.56 Å². The molecule has 154 valence electrons. The predicted molar refractivity (Wildman–Crippen MR) is 108 cm³/mol. The molecule has 2 heterocycles. The van der Waals surface area contributed by atoms with Crippen LogP contribution in [0.15, 0.2) is 29.1 Å². The Hall–Kier alpha value is -3.16. The van der Waals surface area contributed by atoms with Crippen molar-refractivity contribution < 1.29 is 19.5 Å². The summed E-state index contributed by atoms with van der Waals surface area (Å²) in [6.45, 7) is 3.60. The molecule has 0 aliphatic carbocycles. The number of fused-ring (bicyclic) bond motifs is 1. The van der Waals surface area contributed by atoms with Crippen molar-refractivity contribution in [2.75, 3.05) is 19.6 Å². The molecular weight excluding hydrogens is 374 g/mol. The van der Waals surface area contributed by atoms with Gasteiger partial charge in [-0.25, -0.2) is 0 Å². The Labute approximate surface area is 168 Å². The number of carboxylic acids is 1. The van der Waals surface area contributed by atoms with Crippen LogP contribution in [0.1, 0.15) is 42.1 Å². The Morgan fingerprint density at radius 2 is 1.93 bits per heavy atom. The maximum atomic E-state index is 13.2. The number of nitrogens with zero attached hydrogens (tertiary/aromatic N) is 2. The number of para-hydroxylation sites is 1. The normalized spacial score (nSPS) is 17.0. The number of hydrogen-bond donors (Lipinski definition) is 2. The van der Waals surface area contributed by atoms with Crippen LogP contribution in [0.25, 0.3) is 10.9 Å². The number of rotatable bonds is 4. The fraction of sp³-hybridized carbons (Fsp3) is 0.429. The summed E-state index contributed by atoms with van der Waals surface area (Å²) >= 11 is 0. The van der Waals surface area contributed by atoms with Crippen LogP contribution in [0.5, 0.6) is 0 Å². The summed E-state index contributed by atoms with van der Waals surface area (Å²) in [6, 6.07) is 7.11. The molecule has 0 saturated carbocycles. The Morgan fingerprint density at radius 1 is 1.21 bits per heavy atom. The predicted octanol–water partition coefficient (Wildman–Crippen LogP) is 1.76. The van der Waals surface area contributed by atoms with E-state index in [2.05, 4.69) is 4.98 Å². The molecule has 1 aromatic carbocycles. The van der Waals surface area contributed by atoms with Crippen molar-refractivity contribution in [3.05, 3.63) is 45.7 Å². The fourth-order valence-corrected chi connectivity index (χ4v) is 4.06. The number of pyridine rings is 1. The van der Waals surface area contributed by atoms with Crippen LogP contribution in [-0.2, 0) is 9.59 Å². The molecule has 1 aromatic heterocycles. The van der Waals surface area contributed by atoms with Crippen molar-refractivity contribution in [1.82, 2.24) is 14.8 Å². The quantitative estimate of drug-likeness (QED) is 0.814. The summed E-state index contributed by atoms with van der Waals surface area (Å²) in [4.78, 5) is 54.5. The molecule has 0 spiro atoms. The Kier molecular flexibility index (Phi) is 6.00. The Morgan fingerprint density at radius 3 is 2.62 bits per heavy atom. The van der Waals surface area contributed by atoms with E-state index in [9.17, 15) is 19.2 Å².